The van der Waals surface area contributed by atoms with E-state index in [1.807, 2.05) is 6.07 Å². The highest BCUT2D eigenvalue weighted by Crippen LogP contribution is 2.20. The number of amides is 1. The third-order valence-corrected chi connectivity index (χ3v) is 2.58. The maximum atomic E-state index is 11.3. The third-order valence-electron chi connectivity index (χ3n) is 2.58. The molecule has 0 aliphatic carbocycles. The molecule has 0 bridgehead atoms. The third kappa shape index (κ3) is 1.60. The fourth-order valence-electron chi connectivity index (χ4n) is 1.77. The Balaban J connectivity index is 2.23. The van der Waals surface area contributed by atoms with Crippen LogP contribution in [0.3, 0.4) is 0 Å². The maximum absolute atomic E-state index is 11.3. The summed E-state index contributed by atoms with van der Waals surface area (Å²) in [6, 6.07) is 5.22. The van der Waals surface area contributed by atoms with E-state index < -0.39 is 5.91 Å². The number of hydrogen-bond acceptors (Lipinski definition) is 4. The number of nitrogens with two attached hydrogens (primary N) is 1. The number of nitrogens with zero attached hydrogens (tertiary/aromatic N) is 3. The minimum absolute atomic E-state index is 0.388. The summed E-state index contributed by atoms with van der Waals surface area (Å²) in [5.41, 5.74) is 7.60. The zero-order chi connectivity index (χ0) is 12.5. The Hall–Kier alpha value is -2.76. The van der Waals surface area contributed by atoms with Gasteiger partial charge < -0.3 is 10.7 Å². The fourth-order valence-corrected chi connectivity index (χ4v) is 1.77. The molecule has 0 spiro atoms. The second kappa shape index (κ2) is 3.92. The first-order chi connectivity index (χ1) is 8.75. The second-order valence-electron chi connectivity index (χ2n) is 3.74. The van der Waals surface area contributed by atoms with Crippen molar-refractivity contribution in [2.75, 3.05) is 0 Å². The van der Waals surface area contributed by atoms with Gasteiger partial charge >= 0.3 is 0 Å². The summed E-state index contributed by atoms with van der Waals surface area (Å²) in [4.78, 5) is 26.9. The molecular formula is C12H9N5O. The van der Waals surface area contributed by atoms with Gasteiger partial charge in [-0.3, -0.25) is 9.78 Å². The van der Waals surface area contributed by atoms with E-state index in [0.717, 1.165) is 5.52 Å². The number of primary amides is 1. The topological polar surface area (TPSA) is 97.6 Å². The van der Waals surface area contributed by atoms with E-state index in [-0.39, 0.29) is 0 Å². The average Bonchev–Trinajstić information content (AvgIpc) is 2.83. The van der Waals surface area contributed by atoms with Crippen molar-refractivity contribution in [1.82, 2.24) is 19.9 Å². The van der Waals surface area contributed by atoms with E-state index in [4.69, 9.17) is 5.73 Å². The molecule has 0 atom stereocenters. The monoisotopic (exact) mass is 239 g/mol. The second-order valence-corrected chi connectivity index (χ2v) is 3.74. The molecule has 0 aliphatic heterocycles. The van der Waals surface area contributed by atoms with Crippen LogP contribution < -0.4 is 5.73 Å². The summed E-state index contributed by atoms with van der Waals surface area (Å²) in [7, 11) is 0. The van der Waals surface area contributed by atoms with Gasteiger partial charge in [0.1, 0.15) is 11.2 Å². The lowest BCUT2D eigenvalue weighted by Gasteiger charge is -1.94. The Morgan fingerprint density at radius 1 is 1.28 bits per heavy atom. The fraction of sp³-hybridized carbons (Fsp3) is 0. The molecule has 3 rings (SSSR count). The van der Waals surface area contributed by atoms with Crippen LogP contribution in [0.2, 0.25) is 0 Å². The van der Waals surface area contributed by atoms with Crippen molar-refractivity contribution >= 4 is 16.9 Å². The first-order valence-corrected chi connectivity index (χ1v) is 5.30. The number of nitrogens with one attached hydrogen (secondary N) is 1. The first-order valence-electron chi connectivity index (χ1n) is 5.30. The zero-order valence-electron chi connectivity index (χ0n) is 9.29. The minimum Gasteiger partial charge on any atom is -0.366 e. The van der Waals surface area contributed by atoms with Gasteiger partial charge in [-0.15, -0.1) is 0 Å². The van der Waals surface area contributed by atoms with Gasteiger partial charge in [-0.25, -0.2) is 9.97 Å². The van der Waals surface area contributed by atoms with Gasteiger partial charge in [-0.1, -0.05) is 6.07 Å². The molecule has 3 N–H and O–H groups in total. The summed E-state index contributed by atoms with van der Waals surface area (Å²) in [5, 5.41) is 0. The Morgan fingerprint density at radius 2 is 2.17 bits per heavy atom. The molecule has 88 valence electrons. The van der Waals surface area contributed by atoms with Crippen molar-refractivity contribution in [3.8, 4) is 11.5 Å². The molecule has 2 heterocycles. The van der Waals surface area contributed by atoms with E-state index in [9.17, 15) is 4.79 Å². The summed E-state index contributed by atoms with van der Waals surface area (Å²) in [6.07, 6.45) is 4.76. The number of carbonyl (C=O) groups excluding carboxylic acids is 1. The van der Waals surface area contributed by atoms with Gasteiger partial charge in [0, 0.05) is 12.4 Å². The number of para-hydroxylation sites is 1. The molecule has 0 aliphatic rings. The van der Waals surface area contributed by atoms with Gasteiger partial charge in [0.15, 0.2) is 5.82 Å². The predicted octanol–water partition coefficient (Wildman–Crippen LogP) is 1.12. The Labute approximate surface area is 102 Å². The molecule has 0 radical (unpaired) electrons. The van der Waals surface area contributed by atoms with Gasteiger partial charge in [0.05, 0.1) is 17.3 Å². The highest BCUT2D eigenvalue weighted by molar-refractivity contribution is 6.04. The lowest BCUT2D eigenvalue weighted by Crippen LogP contribution is -2.11. The molecule has 0 saturated carbocycles. The van der Waals surface area contributed by atoms with E-state index in [2.05, 4.69) is 19.9 Å². The Bertz CT molecular complexity index is 720. The number of fused-ring (bicyclic) bond motifs is 1. The maximum Gasteiger partial charge on any atom is 0.250 e. The summed E-state index contributed by atoms with van der Waals surface area (Å²) < 4.78 is 0. The van der Waals surface area contributed by atoms with E-state index >= 15 is 0 Å². The van der Waals surface area contributed by atoms with E-state index in [1.165, 1.54) is 0 Å². The molecule has 0 fully saturated rings. The van der Waals surface area contributed by atoms with Gasteiger partial charge in [-0.05, 0) is 12.1 Å². The molecule has 6 heteroatoms. The smallest absolute Gasteiger partial charge is 0.250 e. The van der Waals surface area contributed by atoms with Crippen LogP contribution in [0.1, 0.15) is 10.4 Å². The number of aromatic amines is 1. The number of rotatable bonds is 2. The standard InChI is InChI=1S/C12H9N5O/c13-11(18)7-2-1-3-8-10(7)17-12(16-8)9-6-14-4-5-15-9/h1-6H,(H2,13,18)(H,16,17). The number of carbonyl (C=O) groups is 1. The predicted molar refractivity (Wildman–Crippen MR) is 65.6 cm³/mol. The Kier molecular flexibility index (Phi) is 2.26. The van der Waals surface area contributed by atoms with Gasteiger partial charge in [-0.2, -0.15) is 0 Å². The molecule has 18 heavy (non-hydrogen) atoms. The molecule has 1 aromatic carbocycles. The largest absolute Gasteiger partial charge is 0.366 e. The van der Waals surface area contributed by atoms with E-state index in [1.54, 1.807) is 30.7 Å². The van der Waals surface area contributed by atoms with Crippen molar-refractivity contribution in [2.24, 2.45) is 5.73 Å². The summed E-state index contributed by atoms with van der Waals surface area (Å²) in [6.45, 7) is 0. The van der Waals surface area contributed by atoms with Crippen LogP contribution in [0.4, 0.5) is 0 Å². The SMILES string of the molecule is NC(=O)c1cccc2[nH]c(-c3cnccn3)nc12. The highest BCUT2D eigenvalue weighted by Gasteiger charge is 2.12. The molecule has 2 aromatic heterocycles. The average molecular weight is 239 g/mol. The number of benzene rings is 1. The first kappa shape index (κ1) is 10.4. The van der Waals surface area contributed by atoms with Gasteiger partial charge in [0.25, 0.3) is 5.91 Å². The number of hydrogen-bond donors (Lipinski definition) is 2. The molecule has 6 nitrogen and oxygen atoms in total. The minimum atomic E-state index is -0.502. The number of imidazole rings is 1. The summed E-state index contributed by atoms with van der Waals surface area (Å²) >= 11 is 0. The molecule has 0 unspecified atom stereocenters. The van der Waals surface area contributed by atoms with Crippen molar-refractivity contribution in [1.29, 1.82) is 0 Å². The van der Waals surface area contributed by atoms with Crippen LogP contribution in [0, 0.1) is 0 Å². The molecule has 1 amide bonds. The quantitative estimate of drug-likeness (QED) is 0.700. The Morgan fingerprint density at radius 3 is 2.89 bits per heavy atom. The molecular weight excluding hydrogens is 230 g/mol. The van der Waals surface area contributed by atoms with Crippen LogP contribution >= 0.6 is 0 Å². The van der Waals surface area contributed by atoms with Crippen molar-refractivity contribution < 1.29 is 4.79 Å². The van der Waals surface area contributed by atoms with Crippen molar-refractivity contribution in [3.63, 3.8) is 0 Å². The lowest BCUT2D eigenvalue weighted by atomic mass is 10.2. The normalized spacial score (nSPS) is 10.7. The summed E-state index contributed by atoms with van der Waals surface area (Å²) in [5.74, 6) is 0.0598. The number of H-pyrrole nitrogens is 1. The zero-order valence-corrected chi connectivity index (χ0v) is 9.29. The molecule has 3 aromatic rings. The van der Waals surface area contributed by atoms with Crippen molar-refractivity contribution in [2.45, 2.75) is 0 Å². The van der Waals surface area contributed by atoms with Crippen LogP contribution in [-0.4, -0.2) is 25.8 Å². The van der Waals surface area contributed by atoms with Crippen molar-refractivity contribution in [3.05, 3.63) is 42.4 Å². The highest BCUT2D eigenvalue weighted by atomic mass is 16.1. The van der Waals surface area contributed by atoms with Crippen LogP contribution in [0.5, 0.6) is 0 Å². The van der Waals surface area contributed by atoms with Crippen LogP contribution in [0.25, 0.3) is 22.6 Å². The van der Waals surface area contributed by atoms with E-state index in [0.29, 0.717) is 22.6 Å². The van der Waals surface area contributed by atoms with Gasteiger partial charge in [0.2, 0.25) is 0 Å². The molecule has 0 saturated heterocycles. The number of aromatic nitrogens is 4. The lowest BCUT2D eigenvalue weighted by molar-refractivity contribution is 0.100. The van der Waals surface area contributed by atoms with Crippen LogP contribution in [0.15, 0.2) is 36.8 Å². The van der Waals surface area contributed by atoms with Crippen LogP contribution in [-0.2, 0) is 0 Å².